The predicted octanol–water partition coefficient (Wildman–Crippen LogP) is 3.84. The van der Waals surface area contributed by atoms with Gasteiger partial charge in [0.15, 0.2) is 0 Å². The zero-order chi connectivity index (χ0) is 24.8. The Balaban J connectivity index is 2.21. The third kappa shape index (κ3) is 7.06. The number of sulfonamides is 1. The summed E-state index contributed by atoms with van der Waals surface area (Å²) in [4.78, 5) is 26.7. The highest BCUT2D eigenvalue weighted by molar-refractivity contribution is 7.92. The molecule has 0 bridgehead atoms. The van der Waals surface area contributed by atoms with Crippen molar-refractivity contribution < 1.29 is 22.4 Å². The van der Waals surface area contributed by atoms with Crippen LogP contribution in [-0.2, 0) is 26.2 Å². The fourth-order valence-corrected chi connectivity index (χ4v) is 4.76. The first kappa shape index (κ1) is 26.9. The third-order valence-electron chi connectivity index (χ3n) is 5.08. The standard InChI is InChI=1S/C22H26Cl2FN3O4S/c1-15(22(30)26-2)27(14-16-17(23)8-6-9-18(16)24)21(29)12-7-13-28(33(3,31)32)20-11-5-4-10-19(20)25/h4-6,8-11,15H,7,12-14H2,1-3H3,(H,26,30)/t15-/m0/s1. The molecule has 180 valence electrons. The molecule has 2 aromatic rings. The molecule has 7 nitrogen and oxygen atoms in total. The van der Waals surface area contributed by atoms with E-state index in [1.807, 2.05) is 0 Å². The van der Waals surface area contributed by atoms with Crippen LogP contribution in [0.2, 0.25) is 10.0 Å². The molecule has 2 rings (SSSR count). The summed E-state index contributed by atoms with van der Waals surface area (Å²) in [6.45, 7) is 1.46. The quantitative estimate of drug-likeness (QED) is 0.518. The van der Waals surface area contributed by atoms with E-state index in [2.05, 4.69) is 5.32 Å². The number of nitrogens with zero attached hydrogens (tertiary/aromatic N) is 2. The molecule has 1 atom stereocenters. The Morgan fingerprint density at radius 2 is 1.70 bits per heavy atom. The van der Waals surface area contributed by atoms with E-state index in [1.54, 1.807) is 25.1 Å². The van der Waals surface area contributed by atoms with Gasteiger partial charge in [-0.15, -0.1) is 0 Å². The van der Waals surface area contributed by atoms with Gasteiger partial charge in [-0.1, -0.05) is 41.4 Å². The van der Waals surface area contributed by atoms with Gasteiger partial charge in [0.25, 0.3) is 0 Å². The summed E-state index contributed by atoms with van der Waals surface area (Å²) in [5.74, 6) is -1.46. The van der Waals surface area contributed by atoms with Crippen LogP contribution in [-0.4, -0.2) is 51.0 Å². The van der Waals surface area contributed by atoms with Crippen LogP contribution in [0.4, 0.5) is 10.1 Å². The summed E-state index contributed by atoms with van der Waals surface area (Å²) in [6.07, 6.45) is 0.998. The summed E-state index contributed by atoms with van der Waals surface area (Å²) >= 11 is 12.5. The molecule has 0 saturated carbocycles. The minimum Gasteiger partial charge on any atom is -0.357 e. The highest BCUT2D eigenvalue weighted by Crippen LogP contribution is 2.27. The molecule has 0 aromatic heterocycles. The first-order chi connectivity index (χ1) is 15.5. The van der Waals surface area contributed by atoms with Crippen LogP contribution in [0.25, 0.3) is 0 Å². The largest absolute Gasteiger partial charge is 0.357 e. The second kappa shape index (κ2) is 11.7. The number of hydrogen-bond acceptors (Lipinski definition) is 4. The Morgan fingerprint density at radius 3 is 2.24 bits per heavy atom. The number of rotatable bonds is 10. The fourth-order valence-electron chi connectivity index (χ4n) is 3.28. The molecular weight excluding hydrogens is 492 g/mol. The van der Waals surface area contributed by atoms with Crippen molar-refractivity contribution in [2.45, 2.75) is 32.4 Å². The smallest absolute Gasteiger partial charge is 0.242 e. The van der Waals surface area contributed by atoms with Crippen molar-refractivity contribution in [3.8, 4) is 0 Å². The van der Waals surface area contributed by atoms with E-state index in [4.69, 9.17) is 23.2 Å². The maximum absolute atomic E-state index is 14.2. The highest BCUT2D eigenvalue weighted by atomic mass is 35.5. The Hall–Kier alpha value is -2.36. The van der Waals surface area contributed by atoms with Crippen LogP contribution in [0.3, 0.4) is 0 Å². The number of carbonyl (C=O) groups excluding carboxylic acids is 2. The van der Waals surface area contributed by atoms with Gasteiger partial charge in [0, 0.05) is 42.2 Å². The van der Waals surface area contributed by atoms with Gasteiger partial charge >= 0.3 is 0 Å². The zero-order valence-corrected chi connectivity index (χ0v) is 20.8. The number of para-hydroxylation sites is 1. The van der Waals surface area contributed by atoms with Gasteiger partial charge in [0.1, 0.15) is 11.9 Å². The predicted molar refractivity (Wildman–Crippen MR) is 128 cm³/mol. The lowest BCUT2D eigenvalue weighted by atomic mass is 10.1. The molecular formula is C22H26Cl2FN3O4S. The van der Waals surface area contributed by atoms with Crippen molar-refractivity contribution in [2.75, 3.05) is 24.2 Å². The van der Waals surface area contributed by atoms with E-state index >= 15 is 0 Å². The molecule has 0 aliphatic heterocycles. The number of benzene rings is 2. The number of nitrogens with one attached hydrogen (secondary N) is 1. The summed E-state index contributed by atoms with van der Waals surface area (Å²) < 4.78 is 39.6. The van der Waals surface area contributed by atoms with Gasteiger partial charge in [0.05, 0.1) is 11.9 Å². The molecule has 1 N–H and O–H groups in total. The van der Waals surface area contributed by atoms with Crippen LogP contribution in [0, 0.1) is 5.82 Å². The third-order valence-corrected chi connectivity index (χ3v) is 6.97. The molecule has 0 fully saturated rings. The average Bonchev–Trinajstić information content (AvgIpc) is 2.75. The van der Waals surface area contributed by atoms with Crippen molar-refractivity contribution in [3.63, 3.8) is 0 Å². The zero-order valence-electron chi connectivity index (χ0n) is 18.5. The normalized spacial score (nSPS) is 12.2. The molecule has 0 aliphatic carbocycles. The Labute approximate surface area is 203 Å². The van der Waals surface area contributed by atoms with Crippen molar-refractivity contribution >= 4 is 50.7 Å². The van der Waals surface area contributed by atoms with E-state index in [9.17, 15) is 22.4 Å². The minimum absolute atomic E-state index is 0.00493. The van der Waals surface area contributed by atoms with E-state index in [0.717, 1.165) is 10.6 Å². The van der Waals surface area contributed by atoms with Gasteiger partial charge in [-0.2, -0.15) is 0 Å². The number of likely N-dealkylation sites (N-methyl/N-ethyl adjacent to an activating group) is 1. The van der Waals surface area contributed by atoms with Crippen LogP contribution in [0.5, 0.6) is 0 Å². The first-order valence-corrected chi connectivity index (χ1v) is 12.7. The average molecular weight is 518 g/mol. The van der Waals surface area contributed by atoms with Gasteiger partial charge in [-0.05, 0) is 37.6 Å². The minimum atomic E-state index is -3.78. The van der Waals surface area contributed by atoms with Gasteiger partial charge in [-0.3, -0.25) is 13.9 Å². The first-order valence-electron chi connectivity index (χ1n) is 10.1. The molecule has 0 saturated heterocycles. The lowest BCUT2D eigenvalue weighted by Crippen LogP contribution is -2.47. The summed E-state index contributed by atoms with van der Waals surface area (Å²) in [5.41, 5.74) is 0.403. The molecule has 33 heavy (non-hydrogen) atoms. The highest BCUT2D eigenvalue weighted by Gasteiger charge is 2.27. The lowest BCUT2D eigenvalue weighted by Gasteiger charge is -2.29. The van der Waals surface area contributed by atoms with Gasteiger partial charge in [0.2, 0.25) is 21.8 Å². The monoisotopic (exact) mass is 517 g/mol. The number of hydrogen-bond donors (Lipinski definition) is 1. The van der Waals surface area contributed by atoms with Crippen LogP contribution in [0.1, 0.15) is 25.3 Å². The van der Waals surface area contributed by atoms with Crippen LogP contribution in [0.15, 0.2) is 42.5 Å². The van der Waals surface area contributed by atoms with Crippen molar-refractivity contribution in [2.24, 2.45) is 0 Å². The van der Waals surface area contributed by atoms with Crippen molar-refractivity contribution in [1.29, 1.82) is 0 Å². The van der Waals surface area contributed by atoms with Crippen molar-refractivity contribution in [1.82, 2.24) is 10.2 Å². The van der Waals surface area contributed by atoms with Crippen LogP contribution >= 0.6 is 23.2 Å². The second-order valence-electron chi connectivity index (χ2n) is 7.40. The molecule has 0 unspecified atom stereocenters. The van der Waals surface area contributed by atoms with Gasteiger partial charge < -0.3 is 10.2 Å². The summed E-state index contributed by atoms with van der Waals surface area (Å²) in [5, 5.41) is 3.22. The lowest BCUT2D eigenvalue weighted by molar-refractivity contribution is -0.140. The van der Waals surface area contributed by atoms with Gasteiger partial charge in [-0.25, -0.2) is 12.8 Å². The Kier molecular flexibility index (Phi) is 9.51. The maximum Gasteiger partial charge on any atom is 0.242 e. The molecule has 2 aromatic carbocycles. The maximum atomic E-state index is 14.2. The fraction of sp³-hybridized carbons (Fsp3) is 0.364. The molecule has 0 heterocycles. The Bertz CT molecular complexity index is 1090. The molecule has 0 spiro atoms. The molecule has 11 heteroatoms. The second-order valence-corrected chi connectivity index (χ2v) is 10.1. The van der Waals surface area contributed by atoms with Crippen molar-refractivity contribution in [3.05, 3.63) is 63.9 Å². The number of carbonyl (C=O) groups is 2. The summed E-state index contributed by atoms with van der Waals surface area (Å²) in [7, 11) is -2.32. The topological polar surface area (TPSA) is 86.8 Å². The number of amides is 2. The van der Waals surface area contributed by atoms with E-state index in [0.29, 0.717) is 15.6 Å². The van der Waals surface area contributed by atoms with E-state index in [-0.39, 0.29) is 37.5 Å². The van der Waals surface area contributed by atoms with E-state index < -0.39 is 27.8 Å². The molecule has 2 amide bonds. The molecule has 0 radical (unpaired) electrons. The summed E-state index contributed by atoms with van der Waals surface area (Å²) in [6, 6.07) is 9.62. The number of halogens is 3. The number of anilines is 1. The van der Waals surface area contributed by atoms with E-state index in [1.165, 1.54) is 36.2 Å². The SMILES string of the molecule is CNC(=O)[C@H](C)N(Cc1c(Cl)cccc1Cl)C(=O)CCCN(c1ccccc1F)S(C)(=O)=O. The Morgan fingerprint density at radius 1 is 1.09 bits per heavy atom. The molecule has 0 aliphatic rings. The van der Waals surface area contributed by atoms with Crippen LogP contribution < -0.4 is 9.62 Å².